The van der Waals surface area contributed by atoms with E-state index in [1.807, 2.05) is 0 Å². The lowest BCUT2D eigenvalue weighted by atomic mass is 10.0. The maximum atomic E-state index is 12.8. The third-order valence-corrected chi connectivity index (χ3v) is 2.89. The Morgan fingerprint density at radius 2 is 1.54 bits per heavy atom. The van der Waals surface area contributed by atoms with Crippen LogP contribution in [0.5, 0.6) is 0 Å². The number of rotatable bonds is 3. The van der Waals surface area contributed by atoms with Gasteiger partial charge in [0, 0.05) is 24.0 Å². The van der Waals surface area contributed by atoms with Gasteiger partial charge in [-0.3, -0.25) is 0 Å². The molecule has 1 aromatic carbocycles. The Morgan fingerprint density at radius 3 is 2.00 bits per heavy atom. The summed E-state index contributed by atoms with van der Waals surface area (Å²) in [6, 6.07) is 1.16. The van der Waals surface area contributed by atoms with Gasteiger partial charge in [0.15, 0.2) is 0 Å². The average molecular weight is 350 g/mol. The molecule has 10 heteroatoms. The lowest BCUT2D eigenvalue weighted by Crippen LogP contribution is -2.11. The van der Waals surface area contributed by atoms with Crippen molar-refractivity contribution in [2.24, 2.45) is 0 Å². The number of carbonyl (C=O) groups is 1. The quantitative estimate of drug-likeness (QED) is 0.669. The summed E-state index contributed by atoms with van der Waals surface area (Å²) in [5.41, 5.74) is -3.25. The molecule has 0 unspecified atom stereocenters. The Hall–Kier alpha value is -2.78. The van der Waals surface area contributed by atoms with Crippen LogP contribution in [0.1, 0.15) is 11.1 Å². The van der Waals surface area contributed by atoms with Gasteiger partial charge in [-0.2, -0.15) is 31.4 Å². The predicted molar refractivity (Wildman–Crippen MR) is 70.6 cm³/mol. The Bertz CT molecular complexity index is 757. The van der Waals surface area contributed by atoms with Crippen molar-refractivity contribution in [3.05, 3.63) is 47.8 Å². The molecule has 1 aromatic heterocycles. The first-order chi connectivity index (χ1) is 11.0. The topological polar surface area (TPSA) is 55.1 Å². The van der Waals surface area contributed by atoms with Gasteiger partial charge in [0.2, 0.25) is 0 Å². The van der Waals surface area contributed by atoms with Crippen LogP contribution in [0.4, 0.5) is 26.3 Å². The molecule has 0 fully saturated rings. The van der Waals surface area contributed by atoms with Crippen molar-refractivity contribution in [2.75, 3.05) is 0 Å². The smallest absolute Gasteiger partial charge is 0.416 e. The van der Waals surface area contributed by atoms with Crippen LogP contribution in [0.2, 0.25) is 0 Å². The van der Waals surface area contributed by atoms with Gasteiger partial charge in [-0.05, 0) is 23.8 Å². The first kappa shape index (κ1) is 17.6. The van der Waals surface area contributed by atoms with Crippen molar-refractivity contribution < 1.29 is 36.2 Å². The minimum atomic E-state index is -4.95. The lowest BCUT2D eigenvalue weighted by Gasteiger charge is -2.13. The molecular weight excluding hydrogens is 342 g/mol. The van der Waals surface area contributed by atoms with Gasteiger partial charge in [0.05, 0.1) is 17.3 Å². The first-order valence-corrected chi connectivity index (χ1v) is 6.22. The Balaban J connectivity index is 2.52. The first-order valence-electron chi connectivity index (χ1n) is 6.22. The van der Waals surface area contributed by atoms with Crippen LogP contribution in [-0.4, -0.2) is 20.9 Å². The van der Waals surface area contributed by atoms with Crippen molar-refractivity contribution >= 4 is 12.2 Å². The van der Waals surface area contributed by atoms with Crippen LogP contribution < -0.4 is 0 Å². The zero-order valence-corrected chi connectivity index (χ0v) is 11.6. The predicted octanol–water partition coefficient (Wildman–Crippen LogP) is 4.14. The fourth-order valence-corrected chi connectivity index (χ4v) is 1.83. The molecule has 0 bridgehead atoms. The summed E-state index contributed by atoms with van der Waals surface area (Å²) in [5, 5.41) is 12.1. The molecule has 0 spiro atoms. The van der Waals surface area contributed by atoms with E-state index in [-0.39, 0.29) is 17.2 Å². The number of nitrogens with zero attached hydrogens (tertiary/aromatic N) is 2. The second-order valence-electron chi connectivity index (χ2n) is 4.66. The molecule has 0 aliphatic heterocycles. The van der Waals surface area contributed by atoms with E-state index in [0.29, 0.717) is 18.2 Å². The highest BCUT2D eigenvalue weighted by Gasteiger charge is 2.37. The van der Waals surface area contributed by atoms with Crippen molar-refractivity contribution in [3.8, 4) is 11.1 Å². The van der Waals surface area contributed by atoms with E-state index in [4.69, 9.17) is 5.11 Å². The second-order valence-corrected chi connectivity index (χ2v) is 4.66. The highest BCUT2D eigenvalue weighted by atomic mass is 19.4. The molecule has 0 radical (unpaired) electrons. The third kappa shape index (κ3) is 4.15. The number of carboxylic acids is 1. The number of benzene rings is 1. The van der Waals surface area contributed by atoms with Gasteiger partial charge < -0.3 is 5.11 Å². The van der Waals surface area contributed by atoms with Crippen molar-refractivity contribution in [3.63, 3.8) is 0 Å². The summed E-state index contributed by atoms with van der Waals surface area (Å²) < 4.78 is 77.8. The monoisotopic (exact) mass is 350 g/mol. The zero-order valence-electron chi connectivity index (χ0n) is 11.6. The van der Waals surface area contributed by atoms with Crippen LogP contribution in [0.15, 0.2) is 36.7 Å². The van der Waals surface area contributed by atoms with E-state index >= 15 is 0 Å². The largest absolute Gasteiger partial charge is 0.478 e. The highest BCUT2D eigenvalue weighted by molar-refractivity contribution is 5.83. The molecule has 1 heterocycles. The number of alkyl halides is 6. The van der Waals surface area contributed by atoms with Crippen LogP contribution in [0.25, 0.3) is 17.3 Å². The minimum Gasteiger partial charge on any atom is -0.478 e. The molecule has 2 aromatic rings. The number of aliphatic carboxylic acids is 1. The summed E-state index contributed by atoms with van der Waals surface area (Å²) >= 11 is 0. The summed E-state index contributed by atoms with van der Waals surface area (Å²) in [7, 11) is 0. The standard InChI is InChI=1S/C14H8F6N2O2/c15-13(16,17)10-3-8(4-11(5-10)14(18,19)20)9-6-21-22(7-9)2-1-12(23)24/h1-7H,(H,23,24). The zero-order chi connectivity index (χ0) is 18.1. The summed E-state index contributed by atoms with van der Waals surface area (Å²) in [5.74, 6) is -1.29. The van der Waals surface area contributed by atoms with Crippen LogP contribution in [0, 0.1) is 0 Å². The van der Waals surface area contributed by atoms with Crippen molar-refractivity contribution in [1.29, 1.82) is 0 Å². The Kier molecular flexibility index (Phi) is 4.41. The van der Waals surface area contributed by atoms with E-state index in [1.54, 1.807) is 0 Å². The maximum Gasteiger partial charge on any atom is 0.416 e. The molecule has 0 amide bonds. The summed E-state index contributed by atoms with van der Waals surface area (Å²) in [6.07, 6.45) is -6.06. The molecule has 0 aliphatic carbocycles. The lowest BCUT2D eigenvalue weighted by molar-refractivity contribution is -0.143. The minimum absolute atomic E-state index is 0.0260. The van der Waals surface area contributed by atoms with Gasteiger partial charge in [0.1, 0.15) is 0 Å². The molecule has 2 rings (SSSR count). The summed E-state index contributed by atoms with van der Waals surface area (Å²) in [4.78, 5) is 10.4. The molecule has 1 N–H and O–H groups in total. The molecule has 0 saturated heterocycles. The van der Waals surface area contributed by atoms with Gasteiger partial charge in [-0.15, -0.1) is 0 Å². The number of hydrogen-bond donors (Lipinski definition) is 1. The molecular formula is C14H8F6N2O2. The molecule has 4 nitrogen and oxygen atoms in total. The Morgan fingerprint density at radius 1 is 1.00 bits per heavy atom. The van der Waals surface area contributed by atoms with Crippen molar-refractivity contribution in [1.82, 2.24) is 9.78 Å². The maximum absolute atomic E-state index is 12.8. The van der Waals surface area contributed by atoms with Gasteiger partial charge in [0.25, 0.3) is 0 Å². The molecule has 24 heavy (non-hydrogen) atoms. The number of hydrogen-bond acceptors (Lipinski definition) is 2. The molecule has 0 atom stereocenters. The highest BCUT2D eigenvalue weighted by Crippen LogP contribution is 2.38. The van der Waals surface area contributed by atoms with E-state index in [9.17, 15) is 31.1 Å². The summed E-state index contributed by atoms with van der Waals surface area (Å²) in [6.45, 7) is 0. The SMILES string of the molecule is O=C(O)C=Cn1cc(-c2cc(C(F)(F)F)cc(C(F)(F)F)c2)cn1. The van der Waals surface area contributed by atoms with E-state index in [2.05, 4.69) is 5.10 Å². The van der Waals surface area contributed by atoms with E-state index in [0.717, 1.165) is 23.3 Å². The van der Waals surface area contributed by atoms with Crippen LogP contribution in [0.3, 0.4) is 0 Å². The third-order valence-electron chi connectivity index (χ3n) is 2.89. The number of aromatic nitrogens is 2. The number of halogens is 6. The van der Waals surface area contributed by atoms with Gasteiger partial charge >= 0.3 is 18.3 Å². The molecule has 128 valence electrons. The van der Waals surface area contributed by atoms with Crippen LogP contribution >= 0.6 is 0 Å². The van der Waals surface area contributed by atoms with Crippen molar-refractivity contribution in [2.45, 2.75) is 12.4 Å². The van der Waals surface area contributed by atoms with E-state index < -0.39 is 29.4 Å². The number of carboxylic acid groups (broad SMARTS) is 1. The van der Waals surface area contributed by atoms with Crippen LogP contribution in [-0.2, 0) is 17.1 Å². The molecule has 0 aliphatic rings. The average Bonchev–Trinajstić information content (AvgIpc) is 2.91. The fraction of sp³-hybridized carbons (Fsp3) is 0.143. The normalized spacial score (nSPS) is 12.8. The second kappa shape index (κ2) is 6.02. The Labute approximate surface area is 130 Å². The van der Waals surface area contributed by atoms with E-state index in [1.165, 1.54) is 0 Å². The van der Waals surface area contributed by atoms with Gasteiger partial charge in [-0.1, -0.05) is 0 Å². The van der Waals surface area contributed by atoms with Gasteiger partial charge in [-0.25, -0.2) is 9.48 Å². The fourth-order valence-electron chi connectivity index (χ4n) is 1.83. The molecule has 0 saturated carbocycles.